The molecule has 1 rings (SSSR count). The van der Waals surface area contributed by atoms with Gasteiger partial charge in [0.1, 0.15) is 6.67 Å². The SMILES string of the molecule is NC(=O)N1C=CN(C(=O)O)C1. The zero-order valence-electron chi connectivity index (χ0n) is 5.60. The Balaban J connectivity index is 2.56. The number of nitrogens with zero attached hydrogens (tertiary/aromatic N) is 2. The van der Waals surface area contributed by atoms with E-state index >= 15 is 0 Å². The van der Waals surface area contributed by atoms with Crippen molar-refractivity contribution in [2.75, 3.05) is 6.67 Å². The van der Waals surface area contributed by atoms with Gasteiger partial charge in [0, 0.05) is 12.4 Å². The van der Waals surface area contributed by atoms with Gasteiger partial charge in [0.2, 0.25) is 0 Å². The smallest absolute Gasteiger partial charge is 0.412 e. The van der Waals surface area contributed by atoms with Crippen molar-refractivity contribution >= 4 is 12.1 Å². The molecule has 6 heteroatoms. The molecule has 0 saturated heterocycles. The second-order valence-corrected chi connectivity index (χ2v) is 2.00. The lowest BCUT2D eigenvalue weighted by Gasteiger charge is -2.12. The van der Waals surface area contributed by atoms with E-state index in [0.717, 1.165) is 9.80 Å². The molecular weight excluding hydrogens is 150 g/mol. The Hall–Kier alpha value is -1.72. The average Bonchev–Trinajstić information content (AvgIpc) is 2.33. The van der Waals surface area contributed by atoms with E-state index in [1.165, 1.54) is 12.4 Å². The van der Waals surface area contributed by atoms with Gasteiger partial charge in [0.05, 0.1) is 0 Å². The largest absolute Gasteiger partial charge is 0.465 e. The normalized spacial score (nSPS) is 15.6. The molecule has 0 radical (unpaired) electrons. The summed E-state index contributed by atoms with van der Waals surface area (Å²) in [7, 11) is 0. The van der Waals surface area contributed by atoms with Crippen molar-refractivity contribution in [1.29, 1.82) is 0 Å². The van der Waals surface area contributed by atoms with Gasteiger partial charge in [-0.1, -0.05) is 0 Å². The van der Waals surface area contributed by atoms with E-state index in [2.05, 4.69) is 0 Å². The third-order valence-electron chi connectivity index (χ3n) is 1.26. The van der Waals surface area contributed by atoms with Crippen molar-refractivity contribution in [3.05, 3.63) is 12.4 Å². The molecule has 3 amide bonds. The van der Waals surface area contributed by atoms with Gasteiger partial charge in [-0.3, -0.25) is 9.80 Å². The zero-order chi connectivity index (χ0) is 8.43. The fourth-order valence-corrected chi connectivity index (χ4v) is 0.687. The molecule has 0 aromatic rings. The predicted molar refractivity (Wildman–Crippen MR) is 35.3 cm³/mol. The second-order valence-electron chi connectivity index (χ2n) is 2.00. The Bertz CT molecular complexity index is 203. The maximum absolute atomic E-state index is 10.4. The van der Waals surface area contributed by atoms with Crippen LogP contribution in [0.4, 0.5) is 9.59 Å². The Morgan fingerprint density at radius 1 is 1.36 bits per heavy atom. The second kappa shape index (κ2) is 2.49. The van der Waals surface area contributed by atoms with Gasteiger partial charge in [-0.05, 0) is 0 Å². The lowest BCUT2D eigenvalue weighted by Crippen LogP contribution is -2.35. The third kappa shape index (κ3) is 1.40. The Labute approximate surface area is 62.5 Å². The highest BCUT2D eigenvalue weighted by atomic mass is 16.4. The highest BCUT2D eigenvalue weighted by molar-refractivity contribution is 5.75. The molecule has 6 nitrogen and oxygen atoms in total. The number of amides is 3. The highest BCUT2D eigenvalue weighted by Gasteiger charge is 2.20. The summed E-state index contributed by atoms with van der Waals surface area (Å²) in [5.74, 6) is 0. The summed E-state index contributed by atoms with van der Waals surface area (Å²) in [6.07, 6.45) is 1.48. The van der Waals surface area contributed by atoms with Crippen LogP contribution in [-0.4, -0.2) is 33.7 Å². The van der Waals surface area contributed by atoms with Crippen LogP contribution in [0.1, 0.15) is 0 Å². The van der Waals surface area contributed by atoms with E-state index in [0.29, 0.717) is 0 Å². The number of nitrogens with two attached hydrogens (primary N) is 1. The number of carbonyl (C=O) groups is 2. The van der Waals surface area contributed by atoms with Crippen molar-refractivity contribution in [3.8, 4) is 0 Å². The molecule has 0 spiro atoms. The number of urea groups is 1. The highest BCUT2D eigenvalue weighted by Crippen LogP contribution is 2.05. The van der Waals surface area contributed by atoms with Crippen molar-refractivity contribution < 1.29 is 14.7 Å². The van der Waals surface area contributed by atoms with Gasteiger partial charge in [0.25, 0.3) is 0 Å². The number of carboxylic acid groups (broad SMARTS) is 1. The minimum atomic E-state index is -1.11. The van der Waals surface area contributed by atoms with Crippen LogP contribution in [0.2, 0.25) is 0 Å². The number of hydrogen-bond acceptors (Lipinski definition) is 2. The molecule has 0 saturated carbocycles. The van der Waals surface area contributed by atoms with Crippen LogP contribution in [0.25, 0.3) is 0 Å². The minimum absolute atomic E-state index is 0.0231. The minimum Gasteiger partial charge on any atom is -0.465 e. The molecule has 60 valence electrons. The predicted octanol–water partition coefficient (Wildman–Crippen LogP) is -0.211. The maximum atomic E-state index is 10.4. The first kappa shape index (κ1) is 7.39. The fraction of sp³-hybridized carbons (Fsp3) is 0.200. The molecule has 0 fully saturated rings. The Morgan fingerprint density at radius 2 is 1.91 bits per heavy atom. The molecule has 1 aliphatic heterocycles. The van der Waals surface area contributed by atoms with Crippen LogP contribution in [0.3, 0.4) is 0 Å². The summed E-state index contributed by atoms with van der Waals surface area (Å²) in [4.78, 5) is 22.8. The van der Waals surface area contributed by atoms with E-state index < -0.39 is 12.1 Å². The van der Waals surface area contributed by atoms with Crippen LogP contribution < -0.4 is 5.73 Å². The molecule has 11 heavy (non-hydrogen) atoms. The topological polar surface area (TPSA) is 86.9 Å². The lowest BCUT2D eigenvalue weighted by molar-refractivity contribution is 0.155. The summed E-state index contributed by atoms with van der Waals surface area (Å²) in [5.41, 5.74) is 4.88. The summed E-state index contributed by atoms with van der Waals surface area (Å²) in [6.45, 7) is -0.0231. The summed E-state index contributed by atoms with van der Waals surface area (Å²) in [5, 5.41) is 8.41. The van der Waals surface area contributed by atoms with E-state index in [1.807, 2.05) is 0 Å². The molecule has 1 heterocycles. The number of hydrogen-bond donors (Lipinski definition) is 2. The first-order valence-corrected chi connectivity index (χ1v) is 2.85. The van der Waals surface area contributed by atoms with Crippen molar-refractivity contribution in [3.63, 3.8) is 0 Å². The molecule has 0 atom stereocenters. The van der Waals surface area contributed by atoms with Gasteiger partial charge in [-0.15, -0.1) is 0 Å². The number of primary amides is 1. The maximum Gasteiger partial charge on any atom is 0.412 e. The summed E-state index contributed by atoms with van der Waals surface area (Å²) < 4.78 is 0. The van der Waals surface area contributed by atoms with Crippen LogP contribution in [-0.2, 0) is 0 Å². The monoisotopic (exact) mass is 157 g/mol. The Morgan fingerprint density at radius 3 is 2.18 bits per heavy atom. The van der Waals surface area contributed by atoms with E-state index in [9.17, 15) is 9.59 Å². The summed E-state index contributed by atoms with van der Waals surface area (Å²) in [6, 6.07) is -0.662. The van der Waals surface area contributed by atoms with E-state index in [4.69, 9.17) is 10.8 Å². The number of carbonyl (C=O) groups excluding carboxylic acids is 1. The molecule has 3 N–H and O–H groups in total. The molecule has 0 aliphatic carbocycles. The van der Waals surface area contributed by atoms with Crippen LogP contribution in [0.5, 0.6) is 0 Å². The van der Waals surface area contributed by atoms with Gasteiger partial charge >= 0.3 is 12.1 Å². The average molecular weight is 157 g/mol. The fourth-order valence-electron chi connectivity index (χ4n) is 0.687. The molecule has 0 unspecified atom stereocenters. The molecular formula is C5H7N3O3. The van der Waals surface area contributed by atoms with Crippen LogP contribution in [0, 0.1) is 0 Å². The Kier molecular flexibility index (Phi) is 1.67. The van der Waals surface area contributed by atoms with Crippen LogP contribution >= 0.6 is 0 Å². The van der Waals surface area contributed by atoms with E-state index in [-0.39, 0.29) is 6.67 Å². The van der Waals surface area contributed by atoms with Crippen molar-refractivity contribution in [2.24, 2.45) is 5.73 Å². The quantitative estimate of drug-likeness (QED) is 0.510. The lowest BCUT2D eigenvalue weighted by atomic mass is 10.8. The van der Waals surface area contributed by atoms with Gasteiger partial charge in [0.15, 0.2) is 0 Å². The molecule has 0 aromatic carbocycles. The molecule has 0 bridgehead atoms. The van der Waals surface area contributed by atoms with Gasteiger partial charge < -0.3 is 10.8 Å². The van der Waals surface area contributed by atoms with E-state index in [1.54, 1.807) is 0 Å². The first-order valence-electron chi connectivity index (χ1n) is 2.85. The standard InChI is InChI=1S/C5H7N3O3/c6-4(9)7-1-2-8(3-7)5(10)11/h1-2H,3H2,(H2,6,9)(H,10,11). The molecule has 0 aromatic heterocycles. The number of rotatable bonds is 0. The van der Waals surface area contributed by atoms with Gasteiger partial charge in [-0.25, -0.2) is 9.59 Å². The first-order chi connectivity index (χ1) is 5.11. The van der Waals surface area contributed by atoms with Crippen molar-refractivity contribution in [2.45, 2.75) is 0 Å². The summed E-state index contributed by atoms with van der Waals surface area (Å²) >= 11 is 0. The zero-order valence-corrected chi connectivity index (χ0v) is 5.60. The molecule has 1 aliphatic rings. The van der Waals surface area contributed by atoms with Gasteiger partial charge in [-0.2, -0.15) is 0 Å². The van der Waals surface area contributed by atoms with Crippen LogP contribution in [0.15, 0.2) is 12.4 Å². The van der Waals surface area contributed by atoms with Crippen molar-refractivity contribution in [1.82, 2.24) is 9.80 Å². The third-order valence-corrected chi connectivity index (χ3v) is 1.26.